The van der Waals surface area contributed by atoms with Crippen LogP contribution in [-0.4, -0.2) is 26.0 Å². The average molecular weight is 481 g/mol. The number of hydrogen-bond acceptors (Lipinski definition) is 6. The van der Waals surface area contributed by atoms with E-state index in [9.17, 15) is 9.59 Å². The molecular weight excluding hydrogens is 464 g/mol. The third kappa shape index (κ3) is 4.32. The van der Waals surface area contributed by atoms with E-state index in [-0.39, 0.29) is 17.3 Å². The molecule has 0 aliphatic carbocycles. The summed E-state index contributed by atoms with van der Waals surface area (Å²) < 4.78 is 22.6. The molecule has 0 unspecified atom stereocenters. The van der Waals surface area contributed by atoms with Crippen LogP contribution in [0.2, 0.25) is 0 Å². The summed E-state index contributed by atoms with van der Waals surface area (Å²) in [5.74, 6) is 1.15. The molecule has 0 bridgehead atoms. The number of ketones is 1. The first kappa shape index (κ1) is 20.7. The Morgan fingerprint density at radius 3 is 2.39 bits per heavy atom. The van der Waals surface area contributed by atoms with Gasteiger partial charge in [0, 0.05) is 16.1 Å². The number of carbonyl (C=O) groups is 2. The number of ether oxygens (including phenoxy) is 4. The first-order valence-electron chi connectivity index (χ1n) is 9.26. The second kappa shape index (κ2) is 8.65. The van der Waals surface area contributed by atoms with E-state index >= 15 is 0 Å². The normalized spacial score (nSPS) is 13.5. The predicted molar refractivity (Wildman–Crippen MR) is 118 cm³/mol. The van der Waals surface area contributed by atoms with Gasteiger partial charge in [0.25, 0.3) is 0 Å². The molecule has 0 saturated heterocycles. The molecule has 0 saturated carbocycles. The Hall–Kier alpha value is -3.58. The first-order chi connectivity index (χ1) is 15.0. The van der Waals surface area contributed by atoms with Gasteiger partial charge in [-0.3, -0.25) is 4.79 Å². The van der Waals surface area contributed by atoms with Gasteiger partial charge in [0.15, 0.2) is 5.76 Å². The van der Waals surface area contributed by atoms with Crippen molar-refractivity contribution in [2.24, 2.45) is 0 Å². The highest BCUT2D eigenvalue weighted by molar-refractivity contribution is 9.10. The summed E-state index contributed by atoms with van der Waals surface area (Å²) in [7, 11) is 3.10. The Morgan fingerprint density at radius 1 is 0.935 bits per heavy atom. The molecule has 6 nitrogen and oxygen atoms in total. The van der Waals surface area contributed by atoms with Gasteiger partial charge in [0.1, 0.15) is 23.0 Å². The molecule has 31 heavy (non-hydrogen) atoms. The molecule has 0 spiro atoms. The molecule has 4 rings (SSSR count). The summed E-state index contributed by atoms with van der Waals surface area (Å²) in [6, 6.07) is 16.7. The maximum absolute atomic E-state index is 12.8. The average Bonchev–Trinajstić information content (AvgIpc) is 3.08. The Morgan fingerprint density at radius 2 is 1.68 bits per heavy atom. The lowest BCUT2D eigenvalue weighted by Gasteiger charge is -2.08. The maximum atomic E-state index is 12.8. The minimum atomic E-state index is -0.506. The lowest BCUT2D eigenvalue weighted by molar-refractivity contribution is 0.0734. The van der Waals surface area contributed by atoms with Crippen LogP contribution in [0.1, 0.15) is 26.3 Å². The van der Waals surface area contributed by atoms with Gasteiger partial charge in [-0.25, -0.2) is 4.79 Å². The monoisotopic (exact) mass is 480 g/mol. The molecule has 0 amide bonds. The van der Waals surface area contributed by atoms with Crippen molar-refractivity contribution in [2.75, 3.05) is 14.2 Å². The Bertz CT molecular complexity index is 1200. The molecule has 3 aromatic carbocycles. The van der Waals surface area contributed by atoms with Crippen molar-refractivity contribution in [3.8, 4) is 23.0 Å². The molecular formula is C24H17BrO6. The van der Waals surface area contributed by atoms with Gasteiger partial charge in [0.2, 0.25) is 5.78 Å². The highest BCUT2D eigenvalue weighted by Gasteiger charge is 2.28. The molecule has 0 radical (unpaired) electrons. The van der Waals surface area contributed by atoms with Crippen molar-refractivity contribution < 1.29 is 28.5 Å². The van der Waals surface area contributed by atoms with Gasteiger partial charge < -0.3 is 18.9 Å². The summed E-state index contributed by atoms with van der Waals surface area (Å²) in [5.41, 5.74) is 1.43. The summed E-state index contributed by atoms with van der Waals surface area (Å²) >= 11 is 3.33. The van der Waals surface area contributed by atoms with Crippen LogP contribution in [-0.2, 0) is 0 Å². The molecule has 0 N–H and O–H groups in total. The number of esters is 1. The zero-order valence-electron chi connectivity index (χ0n) is 16.7. The van der Waals surface area contributed by atoms with Crippen LogP contribution in [0.25, 0.3) is 6.08 Å². The van der Waals surface area contributed by atoms with Gasteiger partial charge >= 0.3 is 5.97 Å². The molecule has 3 aromatic rings. The Balaban J connectivity index is 1.58. The van der Waals surface area contributed by atoms with E-state index in [1.54, 1.807) is 74.9 Å². The topological polar surface area (TPSA) is 71.1 Å². The standard InChI is InChI=1S/C24H17BrO6/c1-28-17-8-10-20(29-2)15(11-17)12-22-23(26)19-9-7-18(13-21(19)31-22)30-24(27)14-3-5-16(25)6-4-14/h3-13H,1-2H3. The number of rotatable bonds is 5. The van der Waals surface area contributed by atoms with Crippen molar-refractivity contribution >= 4 is 33.8 Å². The molecule has 0 fully saturated rings. The SMILES string of the molecule is COc1ccc(OC)c(C=C2Oc3cc(OC(=O)c4ccc(Br)cc4)ccc3C2=O)c1. The minimum Gasteiger partial charge on any atom is -0.497 e. The van der Waals surface area contributed by atoms with Gasteiger partial charge in [-0.2, -0.15) is 0 Å². The summed E-state index contributed by atoms with van der Waals surface area (Å²) in [6.45, 7) is 0. The Kier molecular flexibility index (Phi) is 5.77. The molecule has 1 aliphatic heterocycles. The van der Waals surface area contributed by atoms with Crippen molar-refractivity contribution in [1.82, 2.24) is 0 Å². The summed E-state index contributed by atoms with van der Waals surface area (Å²) in [5, 5.41) is 0. The van der Waals surface area contributed by atoms with Crippen LogP contribution in [0.3, 0.4) is 0 Å². The molecule has 1 aliphatic rings. The number of halogens is 1. The van der Waals surface area contributed by atoms with E-state index in [0.717, 1.165) is 4.47 Å². The van der Waals surface area contributed by atoms with E-state index in [2.05, 4.69) is 15.9 Å². The predicted octanol–water partition coefficient (Wildman–Crippen LogP) is 5.30. The quantitative estimate of drug-likeness (QED) is 0.280. The van der Waals surface area contributed by atoms with E-state index in [0.29, 0.717) is 33.9 Å². The second-order valence-electron chi connectivity index (χ2n) is 6.60. The van der Waals surface area contributed by atoms with Crippen LogP contribution >= 0.6 is 15.9 Å². The van der Waals surface area contributed by atoms with Crippen molar-refractivity contribution in [3.63, 3.8) is 0 Å². The van der Waals surface area contributed by atoms with Crippen LogP contribution < -0.4 is 18.9 Å². The van der Waals surface area contributed by atoms with E-state index in [1.807, 2.05) is 0 Å². The summed E-state index contributed by atoms with van der Waals surface area (Å²) in [6.07, 6.45) is 1.59. The van der Waals surface area contributed by atoms with Crippen LogP contribution in [0, 0.1) is 0 Å². The van der Waals surface area contributed by atoms with Crippen LogP contribution in [0.4, 0.5) is 0 Å². The van der Waals surface area contributed by atoms with Crippen LogP contribution in [0.15, 0.2) is 70.9 Å². The lowest BCUT2D eigenvalue weighted by atomic mass is 10.1. The molecule has 156 valence electrons. The molecule has 0 aromatic heterocycles. The number of Topliss-reactive ketones (excluding diaryl/α,β-unsaturated/α-hetero) is 1. The van der Waals surface area contributed by atoms with Gasteiger partial charge in [0.05, 0.1) is 25.3 Å². The van der Waals surface area contributed by atoms with E-state index < -0.39 is 5.97 Å². The van der Waals surface area contributed by atoms with E-state index in [4.69, 9.17) is 18.9 Å². The van der Waals surface area contributed by atoms with Crippen molar-refractivity contribution in [2.45, 2.75) is 0 Å². The number of methoxy groups -OCH3 is 2. The number of carbonyl (C=O) groups excluding carboxylic acids is 2. The third-order valence-electron chi connectivity index (χ3n) is 4.66. The van der Waals surface area contributed by atoms with Crippen molar-refractivity contribution in [3.05, 3.63) is 87.6 Å². The van der Waals surface area contributed by atoms with Crippen molar-refractivity contribution in [1.29, 1.82) is 0 Å². The molecule has 1 heterocycles. The fourth-order valence-corrected chi connectivity index (χ4v) is 3.34. The maximum Gasteiger partial charge on any atom is 0.343 e. The zero-order valence-corrected chi connectivity index (χ0v) is 18.3. The summed E-state index contributed by atoms with van der Waals surface area (Å²) in [4.78, 5) is 25.1. The fourth-order valence-electron chi connectivity index (χ4n) is 3.08. The highest BCUT2D eigenvalue weighted by Crippen LogP contribution is 2.36. The number of hydrogen-bond donors (Lipinski definition) is 0. The zero-order chi connectivity index (χ0) is 22.0. The fraction of sp³-hybridized carbons (Fsp3) is 0.0833. The van der Waals surface area contributed by atoms with E-state index in [1.165, 1.54) is 6.07 Å². The minimum absolute atomic E-state index is 0.137. The Labute approximate surface area is 187 Å². The second-order valence-corrected chi connectivity index (χ2v) is 7.52. The number of fused-ring (bicyclic) bond motifs is 1. The van der Waals surface area contributed by atoms with Gasteiger partial charge in [-0.15, -0.1) is 0 Å². The largest absolute Gasteiger partial charge is 0.497 e. The molecule has 0 atom stereocenters. The number of benzene rings is 3. The van der Waals surface area contributed by atoms with Crippen LogP contribution in [0.5, 0.6) is 23.0 Å². The highest BCUT2D eigenvalue weighted by atomic mass is 79.9. The molecule has 7 heteroatoms. The van der Waals surface area contributed by atoms with Gasteiger partial charge in [-0.1, -0.05) is 15.9 Å². The van der Waals surface area contributed by atoms with Gasteiger partial charge in [-0.05, 0) is 60.7 Å². The first-order valence-corrected chi connectivity index (χ1v) is 10.1. The lowest BCUT2D eigenvalue weighted by Crippen LogP contribution is -2.08. The smallest absolute Gasteiger partial charge is 0.343 e. The number of allylic oxidation sites excluding steroid dienone is 1. The third-order valence-corrected chi connectivity index (χ3v) is 5.18.